The average molecular weight is 362 g/mol. The molecular formula is C25H47N. The lowest BCUT2D eigenvalue weighted by atomic mass is 9.62. The van der Waals surface area contributed by atoms with Crippen molar-refractivity contribution in [2.45, 2.75) is 98.8 Å². The van der Waals surface area contributed by atoms with E-state index in [2.05, 4.69) is 53.3 Å². The molecule has 1 heteroatoms. The van der Waals surface area contributed by atoms with E-state index >= 15 is 0 Å². The maximum Gasteiger partial charge on any atom is -0.00772 e. The van der Waals surface area contributed by atoms with Crippen LogP contribution in [-0.4, -0.2) is 6.54 Å². The molecule has 2 N–H and O–H groups in total. The van der Waals surface area contributed by atoms with Gasteiger partial charge in [0.15, 0.2) is 0 Å². The van der Waals surface area contributed by atoms with Gasteiger partial charge in [-0.3, -0.25) is 0 Å². The van der Waals surface area contributed by atoms with E-state index in [4.69, 9.17) is 5.73 Å². The molecule has 1 fully saturated rings. The third kappa shape index (κ3) is 7.99. The highest BCUT2D eigenvalue weighted by Crippen LogP contribution is 2.47. The van der Waals surface area contributed by atoms with Crippen LogP contribution in [0.1, 0.15) is 98.8 Å². The standard InChI is InChI=1S/C25H47N/c1-20(2)12-8-7-9-13-21(3)24-16-10-14-23(15-11-19-26)18-17-22(4)25(24,5)6/h7-8,21-24H,1,9-19,26H2,2-6H3. The van der Waals surface area contributed by atoms with Crippen molar-refractivity contribution >= 4 is 0 Å². The van der Waals surface area contributed by atoms with Crippen molar-refractivity contribution in [2.24, 2.45) is 34.8 Å². The monoisotopic (exact) mass is 361 g/mol. The Labute approximate surface area is 164 Å². The lowest BCUT2D eigenvalue weighted by Gasteiger charge is -2.43. The van der Waals surface area contributed by atoms with Crippen LogP contribution in [0.5, 0.6) is 0 Å². The molecule has 1 aliphatic carbocycles. The van der Waals surface area contributed by atoms with Gasteiger partial charge in [0, 0.05) is 0 Å². The Hall–Kier alpha value is -0.560. The van der Waals surface area contributed by atoms with Crippen molar-refractivity contribution in [3.05, 3.63) is 24.3 Å². The first kappa shape index (κ1) is 23.5. The van der Waals surface area contributed by atoms with Gasteiger partial charge in [0.1, 0.15) is 0 Å². The highest BCUT2D eigenvalue weighted by atomic mass is 14.5. The number of hydrogen-bond acceptors (Lipinski definition) is 1. The summed E-state index contributed by atoms with van der Waals surface area (Å²) in [5.74, 6) is 3.38. The summed E-state index contributed by atoms with van der Waals surface area (Å²) in [7, 11) is 0. The largest absolute Gasteiger partial charge is 0.330 e. The SMILES string of the molecule is C=C(C)CC=CCCC(C)C1CCCC(CCCN)CCC(C)C1(C)C. The van der Waals surface area contributed by atoms with Crippen LogP contribution in [0.2, 0.25) is 0 Å². The van der Waals surface area contributed by atoms with Gasteiger partial charge in [0.25, 0.3) is 0 Å². The molecule has 0 spiro atoms. The van der Waals surface area contributed by atoms with Crippen molar-refractivity contribution in [3.63, 3.8) is 0 Å². The first-order chi connectivity index (χ1) is 12.3. The van der Waals surface area contributed by atoms with E-state index in [1.165, 1.54) is 63.4 Å². The second-order valence-corrected chi connectivity index (χ2v) is 9.82. The van der Waals surface area contributed by atoms with Crippen LogP contribution >= 0.6 is 0 Å². The van der Waals surface area contributed by atoms with E-state index < -0.39 is 0 Å². The Morgan fingerprint density at radius 1 is 1.19 bits per heavy atom. The van der Waals surface area contributed by atoms with Crippen LogP contribution in [0, 0.1) is 29.1 Å². The molecule has 1 aliphatic rings. The molecule has 0 aromatic heterocycles. The van der Waals surface area contributed by atoms with Crippen molar-refractivity contribution in [1.82, 2.24) is 0 Å². The van der Waals surface area contributed by atoms with Gasteiger partial charge in [-0.2, -0.15) is 0 Å². The quantitative estimate of drug-likeness (QED) is 0.422. The van der Waals surface area contributed by atoms with E-state index in [1.807, 2.05) is 0 Å². The molecule has 0 saturated heterocycles. The van der Waals surface area contributed by atoms with Gasteiger partial charge in [0.05, 0.1) is 0 Å². The Morgan fingerprint density at radius 3 is 2.58 bits per heavy atom. The molecule has 1 rings (SSSR count). The summed E-state index contributed by atoms with van der Waals surface area (Å²) in [4.78, 5) is 0. The summed E-state index contributed by atoms with van der Waals surface area (Å²) in [6.07, 6.45) is 17.8. The van der Waals surface area contributed by atoms with Crippen LogP contribution in [0.3, 0.4) is 0 Å². The summed E-state index contributed by atoms with van der Waals surface area (Å²) < 4.78 is 0. The van der Waals surface area contributed by atoms with Gasteiger partial charge in [-0.15, -0.1) is 0 Å². The molecule has 1 nitrogen and oxygen atoms in total. The summed E-state index contributed by atoms with van der Waals surface area (Å²) >= 11 is 0. The minimum atomic E-state index is 0.448. The fourth-order valence-electron chi connectivity index (χ4n) is 5.04. The molecule has 4 atom stereocenters. The van der Waals surface area contributed by atoms with Crippen molar-refractivity contribution in [2.75, 3.05) is 6.54 Å². The maximum absolute atomic E-state index is 5.75. The zero-order valence-electron chi connectivity index (χ0n) is 18.5. The molecule has 0 radical (unpaired) electrons. The molecule has 0 amide bonds. The minimum absolute atomic E-state index is 0.448. The normalized spacial score (nSPS) is 28.3. The second kappa shape index (κ2) is 12.0. The van der Waals surface area contributed by atoms with Crippen LogP contribution in [-0.2, 0) is 0 Å². The van der Waals surface area contributed by atoms with Gasteiger partial charge >= 0.3 is 0 Å². The van der Waals surface area contributed by atoms with E-state index in [9.17, 15) is 0 Å². The molecule has 0 aromatic rings. The van der Waals surface area contributed by atoms with Crippen LogP contribution < -0.4 is 5.73 Å². The second-order valence-electron chi connectivity index (χ2n) is 9.82. The maximum atomic E-state index is 5.75. The van der Waals surface area contributed by atoms with Crippen LogP contribution in [0.25, 0.3) is 0 Å². The summed E-state index contributed by atoms with van der Waals surface area (Å²) in [6, 6.07) is 0. The first-order valence-corrected chi connectivity index (χ1v) is 11.3. The van der Waals surface area contributed by atoms with Gasteiger partial charge in [0.2, 0.25) is 0 Å². The lowest BCUT2D eigenvalue weighted by molar-refractivity contribution is 0.0673. The Bertz CT molecular complexity index is 420. The predicted molar refractivity (Wildman–Crippen MR) is 118 cm³/mol. The van der Waals surface area contributed by atoms with Crippen LogP contribution in [0.4, 0.5) is 0 Å². The minimum Gasteiger partial charge on any atom is -0.330 e. The molecule has 0 heterocycles. The Morgan fingerprint density at radius 2 is 1.92 bits per heavy atom. The Kier molecular flexibility index (Phi) is 10.8. The molecule has 1 saturated carbocycles. The fraction of sp³-hybridized carbons (Fsp3) is 0.840. The van der Waals surface area contributed by atoms with E-state index in [-0.39, 0.29) is 0 Å². The van der Waals surface area contributed by atoms with Crippen molar-refractivity contribution in [3.8, 4) is 0 Å². The first-order valence-electron chi connectivity index (χ1n) is 11.3. The molecule has 26 heavy (non-hydrogen) atoms. The third-order valence-electron chi connectivity index (χ3n) is 7.29. The number of nitrogens with two attached hydrogens (primary N) is 1. The summed E-state index contributed by atoms with van der Waals surface area (Å²) in [5, 5.41) is 0. The van der Waals surface area contributed by atoms with Gasteiger partial charge < -0.3 is 5.73 Å². The van der Waals surface area contributed by atoms with Crippen molar-refractivity contribution in [1.29, 1.82) is 0 Å². The Balaban J connectivity index is 2.65. The number of allylic oxidation sites excluding steroid dienone is 3. The van der Waals surface area contributed by atoms with Crippen molar-refractivity contribution < 1.29 is 0 Å². The molecular weight excluding hydrogens is 314 g/mol. The highest BCUT2D eigenvalue weighted by Gasteiger charge is 2.38. The molecule has 0 bridgehead atoms. The number of rotatable bonds is 9. The zero-order valence-corrected chi connectivity index (χ0v) is 18.5. The highest BCUT2D eigenvalue weighted by molar-refractivity contribution is 4.98. The zero-order chi connectivity index (χ0) is 19.6. The molecule has 152 valence electrons. The van der Waals surface area contributed by atoms with E-state index in [0.29, 0.717) is 5.41 Å². The topological polar surface area (TPSA) is 26.0 Å². The van der Waals surface area contributed by atoms with E-state index in [1.54, 1.807) is 0 Å². The predicted octanol–water partition coefficient (Wildman–Crippen LogP) is 7.52. The van der Waals surface area contributed by atoms with Gasteiger partial charge in [-0.05, 0) is 87.5 Å². The third-order valence-corrected chi connectivity index (χ3v) is 7.29. The lowest BCUT2D eigenvalue weighted by Crippen LogP contribution is -2.35. The molecule has 0 aliphatic heterocycles. The smallest absolute Gasteiger partial charge is 0.00772 e. The summed E-state index contributed by atoms with van der Waals surface area (Å²) in [5.41, 5.74) is 7.46. The fourth-order valence-corrected chi connectivity index (χ4v) is 5.04. The molecule has 4 unspecified atom stereocenters. The average Bonchev–Trinajstić information content (AvgIpc) is 2.63. The molecule has 0 aromatic carbocycles. The summed E-state index contributed by atoms with van der Waals surface area (Å²) in [6.45, 7) is 17.1. The number of hydrogen-bond donors (Lipinski definition) is 1. The van der Waals surface area contributed by atoms with Gasteiger partial charge in [-0.25, -0.2) is 0 Å². The van der Waals surface area contributed by atoms with E-state index in [0.717, 1.165) is 36.6 Å². The van der Waals surface area contributed by atoms with Gasteiger partial charge in [-0.1, -0.05) is 71.3 Å². The van der Waals surface area contributed by atoms with Crippen LogP contribution in [0.15, 0.2) is 24.3 Å².